The smallest absolute Gasteiger partial charge is 0.237 e. The van der Waals surface area contributed by atoms with E-state index in [0.717, 1.165) is 51.3 Å². The largest absolute Gasteiger partial charge is 0.323 e. The predicted octanol–water partition coefficient (Wildman–Crippen LogP) is 4.39. The third-order valence-corrected chi connectivity index (χ3v) is 6.62. The Labute approximate surface area is 196 Å². The molecule has 0 unspecified atom stereocenters. The van der Waals surface area contributed by atoms with Crippen LogP contribution in [0.5, 0.6) is 0 Å². The van der Waals surface area contributed by atoms with Crippen LogP contribution < -0.4 is 9.47 Å². The minimum Gasteiger partial charge on any atom is -0.323 e. The maximum absolute atomic E-state index is 12.5. The number of ketones is 1. The van der Waals surface area contributed by atoms with Gasteiger partial charge in [-0.05, 0) is 50.4 Å². The molecule has 0 atom stereocenters. The lowest BCUT2D eigenvalue weighted by Gasteiger charge is -2.27. The van der Waals surface area contributed by atoms with Gasteiger partial charge < -0.3 is 4.90 Å². The maximum atomic E-state index is 12.5. The van der Waals surface area contributed by atoms with Crippen molar-refractivity contribution in [3.8, 4) is 11.3 Å². The highest BCUT2D eigenvalue weighted by Crippen LogP contribution is 2.28. The van der Waals surface area contributed by atoms with Crippen molar-refractivity contribution < 1.29 is 9.36 Å². The summed E-state index contributed by atoms with van der Waals surface area (Å²) in [6.07, 6.45) is 8.13. The number of aromatic amines is 1. The van der Waals surface area contributed by atoms with Gasteiger partial charge in [-0.15, -0.1) is 11.3 Å². The Balaban J connectivity index is 1.40. The van der Waals surface area contributed by atoms with Crippen LogP contribution in [0.2, 0.25) is 0 Å². The number of Topliss-reactive ketones (excluding diaryl/α,β-unsaturated/α-hetero) is 1. The number of aryl methyl sites for hydroxylation is 2. The number of H-pyrrole nitrogens is 1. The van der Waals surface area contributed by atoms with Gasteiger partial charge in [0.25, 0.3) is 0 Å². The quantitative estimate of drug-likeness (QED) is 0.344. The third-order valence-electron chi connectivity index (χ3n) is 5.71. The molecule has 4 aromatic rings. The van der Waals surface area contributed by atoms with Gasteiger partial charge in [0.05, 0.1) is 27.5 Å². The molecule has 0 amide bonds. The predicted molar refractivity (Wildman–Crippen MR) is 130 cm³/mol. The molecule has 0 bridgehead atoms. The molecule has 0 saturated carbocycles. The van der Waals surface area contributed by atoms with E-state index in [1.807, 2.05) is 64.3 Å². The second kappa shape index (κ2) is 8.63. The molecule has 0 fully saturated rings. The van der Waals surface area contributed by atoms with Crippen LogP contribution in [0.4, 0.5) is 5.82 Å². The van der Waals surface area contributed by atoms with E-state index in [1.165, 1.54) is 11.3 Å². The molecule has 4 aromatic heterocycles. The number of nitrogens with one attached hydrogen (secondary N) is 1. The molecule has 1 aliphatic heterocycles. The number of hydrogen-bond donors (Lipinski definition) is 1. The molecule has 5 rings (SSSR count). The van der Waals surface area contributed by atoms with Gasteiger partial charge in [0, 0.05) is 30.1 Å². The van der Waals surface area contributed by atoms with Crippen LogP contribution in [0.15, 0.2) is 72.0 Å². The number of rotatable bonds is 6. The summed E-state index contributed by atoms with van der Waals surface area (Å²) < 4.78 is 3.89. The highest BCUT2D eigenvalue weighted by molar-refractivity contribution is 7.12. The van der Waals surface area contributed by atoms with Crippen molar-refractivity contribution in [2.45, 2.75) is 27.3 Å². The first kappa shape index (κ1) is 21.1. The van der Waals surface area contributed by atoms with Crippen LogP contribution in [-0.4, -0.2) is 32.3 Å². The van der Waals surface area contributed by atoms with E-state index >= 15 is 0 Å². The molecular weight excluding hydrogens is 432 g/mol. The van der Waals surface area contributed by atoms with Gasteiger partial charge in [0.2, 0.25) is 12.3 Å². The van der Waals surface area contributed by atoms with Gasteiger partial charge in [0.1, 0.15) is 0 Å². The second-order valence-corrected chi connectivity index (χ2v) is 9.08. The third kappa shape index (κ3) is 4.17. The van der Waals surface area contributed by atoms with Gasteiger partial charge in [-0.1, -0.05) is 12.1 Å². The van der Waals surface area contributed by atoms with Crippen LogP contribution in [0, 0.1) is 13.8 Å². The monoisotopic (exact) mass is 457 g/mol. The van der Waals surface area contributed by atoms with Crippen LogP contribution >= 0.6 is 11.3 Å². The van der Waals surface area contributed by atoms with E-state index in [0.29, 0.717) is 6.54 Å². The van der Waals surface area contributed by atoms with E-state index in [9.17, 15) is 4.79 Å². The number of carbonyl (C=O) groups excluding carboxylic acids is 1. The van der Waals surface area contributed by atoms with Crippen LogP contribution in [0.3, 0.4) is 0 Å². The zero-order valence-electron chi connectivity index (χ0n) is 18.8. The topological polar surface area (TPSA) is 70.7 Å². The summed E-state index contributed by atoms with van der Waals surface area (Å²) in [5, 5.41) is 14.3. The SMILES string of the molecule is CC1=C(n2nc(C)cc2C)C=CCN1c1cc(-c2ccc[n+](CC(=O)c3cccs3)c2)[nH]n1. The van der Waals surface area contributed by atoms with Crippen molar-refractivity contribution in [3.63, 3.8) is 0 Å². The molecule has 0 aromatic carbocycles. The van der Waals surface area contributed by atoms with Crippen molar-refractivity contribution in [3.05, 3.63) is 88.3 Å². The lowest BCUT2D eigenvalue weighted by Crippen LogP contribution is -2.37. The molecule has 166 valence electrons. The zero-order chi connectivity index (χ0) is 22.9. The van der Waals surface area contributed by atoms with E-state index in [-0.39, 0.29) is 5.78 Å². The fourth-order valence-electron chi connectivity index (χ4n) is 4.09. The van der Waals surface area contributed by atoms with Crippen LogP contribution in [-0.2, 0) is 6.54 Å². The molecule has 1 N–H and O–H groups in total. The zero-order valence-corrected chi connectivity index (χ0v) is 19.6. The van der Waals surface area contributed by atoms with E-state index in [1.54, 1.807) is 0 Å². The number of hydrogen-bond acceptors (Lipinski definition) is 5. The minimum absolute atomic E-state index is 0.106. The van der Waals surface area contributed by atoms with Gasteiger partial charge >= 0.3 is 0 Å². The number of anilines is 1. The van der Waals surface area contributed by atoms with E-state index in [2.05, 4.69) is 52.3 Å². The van der Waals surface area contributed by atoms with Crippen LogP contribution in [0.25, 0.3) is 17.0 Å². The Morgan fingerprint density at radius 2 is 2.09 bits per heavy atom. The summed E-state index contributed by atoms with van der Waals surface area (Å²) in [7, 11) is 0. The lowest BCUT2D eigenvalue weighted by atomic mass is 10.2. The maximum Gasteiger partial charge on any atom is 0.237 e. The number of allylic oxidation sites excluding steroid dienone is 3. The van der Waals surface area contributed by atoms with Gasteiger partial charge in [0.15, 0.2) is 18.2 Å². The Morgan fingerprint density at radius 3 is 2.85 bits per heavy atom. The molecular formula is C25H25N6OS+. The summed E-state index contributed by atoms with van der Waals surface area (Å²) in [5.74, 6) is 0.950. The van der Waals surface area contributed by atoms with Crippen LogP contribution in [0.1, 0.15) is 28.0 Å². The van der Waals surface area contributed by atoms with Crippen molar-refractivity contribution in [2.24, 2.45) is 0 Å². The molecule has 1 aliphatic rings. The molecule has 0 radical (unpaired) electrons. The number of aromatic nitrogens is 5. The molecule has 7 nitrogen and oxygen atoms in total. The summed E-state index contributed by atoms with van der Waals surface area (Å²) >= 11 is 1.47. The first-order valence-electron chi connectivity index (χ1n) is 10.8. The Hall–Kier alpha value is -3.78. The van der Waals surface area contributed by atoms with Crippen molar-refractivity contribution in [1.82, 2.24) is 20.0 Å². The average Bonchev–Trinajstić information content (AvgIpc) is 3.56. The highest BCUT2D eigenvalue weighted by atomic mass is 32.1. The van der Waals surface area contributed by atoms with Gasteiger partial charge in [-0.25, -0.2) is 4.68 Å². The average molecular weight is 458 g/mol. The summed E-state index contributed by atoms with van der Waals surface area (Å²) in [6, 6.07) is 11.9. The molecule has 0 saturated heterocycles. The van der Waals surface area contributed by atoms with Crippen molar-refractivity contribution in [2.75, 3.05) is 11.4 Å². The fourth-order valence-corrected chi connectivity index (χ4v) is 4.74. The number of carbonyl (C=O) groups is 1. The second-order valence-electron chi connectivity index (χ2n) is 8.13. The normalized spacial score (nSPS) is 13.7. The number of thiophene rings is 1. The molecule has 8 heteroatoms. The Morgan fingerprint density at radius 1 is 1.21 bits per heavy atom. The summed E-state index contributed by atoms with van der Waals surface area (Å²) in [5.41, 5.74) is 6.10. The Bertz CT molecular complexity index is 1380. The number of pyridine rings is 1. The molecule has 0 aliphatic carbocycles. The number of nitrogens with zero attached hydrogens (tertiary/aromatic N) is 5. The lowest BCUT2D eigenvalue weighted by molar-refractivity contribution is -0.682. The van der Waals surface area contributed by atoms with E-state index in [4.69, 9.17) is 0 Å². The highest BCUT2D eigenvalue weighted by Gasteiger charge is 2.21. The minimum atomic E-state index is 0.106. The molecule has 0 spiro atoms. The Kier molecular flexibility index (Phi) is 5.51. The molecule has 5 heterocycles. The van der Waals surface area contributed by atoms with Crippen molar-refractivity contribution in [1.29, 1.82) is 0 Å². The standard InChI is InChI=1S/C25H25N6OS/c1-17-13-18(2)31(28-17)22-8-5-11-30(19(22)3)25-14-21(26-27-25)20-7-4-10-29(15-20)16-23(32)24-9-6-12-33-24/h4-10,12-15H,11,16H2,1-3H3,(H,26,27)/q+1. The first-order chi connectivity index (χ1) is 16.0. The summed E-state index contributed by atoms with van der Waals surface area (Å²) in [6.45, 7) is 7.21. The van der Waals surface area contributed by atoms with Crippen molar-refractivity contribution >= 4 is 28.6 Å². The fraction of sp³-hybridized carbons (Fsp3) is 0.200. The van der Waals surface area contributed by atoms with Gasteiger partial charge in [-0.3, -0.25) is 9.89 Å². The van der Waals surface area contributed by atoms with Gasteiger partial charge in [-0.2, -0.15) is 14.8 Å². The first-order valence-corrected chi connectivity index (χ1v) is 11.7. The summed E-state index contributed by atoms with van der Waals surface area (Å²) in [4.78, 5) is 15.4. The molecule has 33 heavy (non-hydrogen) atoms. The van der Waals surface area contributed by atoms with E-state index < -0.39 is 0 Å².